The number of hydrogen-bond acceptors (Lipinski definition) is 4. The minimum atomic E-state index is 0.325. The van der Waals surface area contributed by atoms with E-state index >= 15 is 0 Å². The predicted octanol–water partition coefficient (Wildman–Crippen LogP) is 2.70. The van der Waals surface area contributed by atoms with Crippen LogP contribution < -0.4 is 5.73 Å². The van der Waals surface area contributed by atoms with Gasteiger partial charge in [0.1, 0.15) is 5.52 Å². The molecule has 0 aliphatic carbocycles. The molecule has 0 fully saturated rings. The molecule has 20 heavy (non-hydrogen) atoms. The topological polar surface area (TPSA) is 60.0 Å². The van der Waals surface area contributed by atoms with E-state index in [0.29, 0.717) is 12.0 Å². The standard InChI is InChI=1S/C15H25N5/c1-4-19(5-2)11-7-8-12(3)20-14-13(18-15(20)16)9-6-10-17-14/h6,9-10,12H,4-5,7-8,11H2,1-3H3,(H2,16,18). The van der Waals surface area contributed by atoms with Gasteiger partial charge in [0, 0.05) is 12.2 Å². The Morgan fingerprint density at radius 1 is 1.35 bits per heavy atom. The van der Waals surface area contributed by atoms with E-state index < -0.39 is 0 Å². The maximum atomic E-state index is 6.04. The molecule has 0 aliphatic heterocycles. The SMILES string of the molecule is CCN(CC)CCCC(C)n1c(N)nc2cccnc21. The van der Waals surface area contributed by atoms with E-state index in [0.717, 1.165) is 43.6 Å². The van der Waals surface area contributed by atoms with Crippen molar-refractivity contribution >= 4 is 17.1 Å². The van der Waals surface area contributed by atoms with Crippen LogP contribution in [0.4, 0.5) is 5.95 Å². The van der Waals surface area contributed by atoms with Crippen LogP contribution in [0, 0.1) is 0 Å². The van der Waals surface area contributed by atoms with E-state index in [-0.39, 0.29) is 0 Å². The van der Waals surface area contributed by atoms with Gasteiger partial charge in [-0.25, -0.2) is 9.97 Å². The molecule has 0 saturated carbocycles. The van der Waals surface area contributed by atoms with Crippen molar-refractivity contribution < 1.29 is 0 Å². The molecule has 0 aliphatic rings. The normalized spacial score (nSPS) is 13.2. The van der Waals surface area contributed by atoms with Gasteiger partial charge in [0.15, 0.2) is 5.65 Å². The Hall–Kier alpha value is -1.62. The first-order chi connectivity index (χ1) is 9.67. The summed E-state index contributed by atoms with van der Waals surface area (Å²) in [4.78, 5) is 11.2. The van der Waals surface area contributed by atoms with Crippen molar-refractivity contribution in [1.29, 1.82) is 0 Å². The van der Waals surface area contributed by atoms with Crippen LogP contribution in [0.5, 0.6) is 0 Å². The van der Waals surface area contributed by atoms with E-state index in [1.165, 1.54) is 0 Å². The second kappa shape index (κ2) is 6.70. The van der Waals surface area contributed by atoms with E-state index in [2.05, 4.69) is 40.2 Å². The summed E-state index contributed by atoms with van der Waals surface area (Å²) >= 11 is 0. The number of hydrogen-bond donors (Lipinski definition) is 1. The monoisotopic (exact) mass is 275 g/mol. The van der Waals surface area contributed by atoms with Crippen molar-refractivity contribution in [2.24, 2.45) is 0 Å². The molecule has 0 bridgehead atoms. The first-order valence-corrected chi connectivity index (χ1v) is 7.48. The van der Waals surface area contributed by atoms with Crippen LogP contribution in [0.3, 0.4) is 0 Å². The highest BCUT2D eigenvalue weighted by Gasteiger charge is 2.14. The minimum absolute atomic E-state index is 0.325. The van der Waals surface area contributed by atoms with Gasteiger partial charge in [-0.1, -0.05) is 13.8 Å². The summed E-state index contributed by atoms with van der Waals surface area (Å²) in [6.45, 7) is 9.97. The second-order valence-corrected chi connectivity index (χ2v) is 5.20. The summed E-state index contributed by atoms with van der Waals surface area (Å²) in [5.74, 6) is 0.564. The van der Waals surface area contributed by atoms with Crippen LogP contribution >= 0.6 is 0 Å². The lowest BCUT2D eigenvalue weighted by molar-refractivity contribution is 0.289. The summed E-state index contributed by atoms with van der Waals surface area (Å²) in [6.07, 6.45) is 4.04. The van der Waals surface area contributed by atoms with Crippen LogP contribution in [-0.4, -0.2) is 39.1 Å². The summed E-state index contributed by atoms with van der Waals surface area (Å²) in [5, 5.41) is 0. The minimum Gasteiger partial charge on any atom is -0.369 e. The molecular weight excluding hydrogens is 250 g/mol. The quantitative estimate of drug-likeness (QED) is 0.844. The molecule has 0 aromatic carbocycles. The molecule has 0 spiro atoms. The third-order valence-corrected chi connectivity index (χ3v) is 3.91. The maximum Gasteiger partial charge on any atom is 0.202 e. The number of nitrogens with zero attached hydrogens (tertiary/aromatic N) is 4. The van der Waals surface area contributed by atoms with E-state index in [1.54, 1.807) is 6.20 Å². The van der Waals surface area contributed by atoms with Gasteiger partial charge >= 0.3 is 0 Å². The average Bonchev–Trinajstić information content (AvgIpc) is 2.79. The number of anilines is 1. The van der Waals surface area contributed by atoms with Gasteiger partial charge in [0.05, 0.1) is 0 Å². The molecule has 1 unspecified atom stereocenters. The maximum absolute atomic E-state index is 6.04. The Morgan fingerprint density at radius 3 is 2.80 bits per heavy atom. The fourth-order valence-corrected chi connectivity index (χ4v) is 2.66. The largest absolute Gasteiger partial charge is 0.369 e. The van der Waals surface area contributed by atoms with Crippen LogP contribution in [0.15, 0.2) is 18.3 Å². The highest BCUT2D eigenvalue weighted by molar-refractivity contribution is 5.73. The number of aromatic nitrogens is 3. The number of pyridine rings is 1. The van der Waals surface area contributed by atoms with Gasteiger partial charge in [-0.15, -0.1) is 0 Å². The molecule has 2 rings (SSSR count). The molecule has 1 atom stereocenters. The second-order valence-electron chi connectivity index (χ2n) is 5.20. The molecule has 2 N–H and O–H groups in total. The average molecular weight is 275 g/mol. The number of imidazole rings is 1. The van der Waals surface area contributed by atoms with Crippen molar-refractivity contribution in [2.45, 2.75) is 39.7 Å². The van der Waals surface area contributed by atoms with E-state index in [4.69, 9.17) is 5.73 Å². The number of nitrogens with two attached hydrogens (primary N) is 1. The van der Waals surface area contributed by atoms with Crippen LogP contribution in [-0.2, 0) is 0 Å². The number of nitrogen functional groups attached to an aromatic ring is 1. The van der Waals surface area contributed by atoms with E-state index in [9.17, 15) is 0 Å². The molecule has 2 heterocycles. The molecule has 5 heteroatoms. The highest BCUT2D eigenvalue weighted by Crippen LogP contribution is 2.23. The van der Waals surface area contributed by atoms with Gasteiger partial charge < -0.3 is 10.6 Å². The Labute approximate surface area is 120 Å². The first-order valence-electron chi connectivity index (χ1n) is 7.48. The molecule has 0 amide bonds. The van der Waals surface area contributed by atoms with Crippen molar-refractivity contribution in [3.05, 3.63) is 18.3 Å². The first kappa shape index (κ1) is 14.8. The van der Waals surface area contributed by atoms with Gasteiger partial charge in [-0.2, -0.15) is 0 Å². The lowest BCUT2D eigenvalue weighted by Crippen LogP contribution is -2.24. The third kappa shape index (κ3) is 3.10. The smallest absolute Gasteiger partial charge is 0.202 e. The Balaban J connectivity index is 2.04. The molecule has 5 nitrogen and oxygen atoms in total. The lowest BCUT2D eigenvalue weighted by atomic mass is 10.1. The van der Waals surface area contributed by atoms with Gasteiger partial charge in [0.2, 0.25) is 5.95 Å². The van der Waals surface area contributed by atoms with Crippen molar-refractivity contribution in [1.82, 2.24) is 19.4 Å². The summed E-state index contributed by atoms with van der Waals surface area (Å²) in [7, 11) is 0. The van der Waals surface area contributed by atoms with Crippen molar-refractivity contribution in [3.63, 3.8) is 0 Å². The fourth-order valence-electron chi connectivity index (χ4n) is 2.66. The van der Waals surface area contributed by atoms with Gasteiger partial charge in [0.25, 0.3) is 0 Å². The highest BCUT2D eigenvalue weighted by atomic mass is 15.2. The summed E-state index contributed by atoms with van der Waals surface area (Å²) < 4.78 is 2.05. The zero-order valence-corrected chi connectivity index (χ0v) is 12.7. The Morgan fingerprint density at radius 2 is 2.10 bits per heavy atom. The molecular formula is C15H25N5. The number of fused-ring (bicyclic) bond motifs is 1. The zero-order valence-electron chi connectivity index (χ0n) is 12.7. The summed E-state index contributed by atoms with van der Waals surface area (Å²) in [5.41, 5.74) is 7.80. The third-order valence-electron chi connectivity index (χ3n) is 3.91. The van der Waals surface area contributed by atoms with Crippen LogP contribution in [0.2, 0.25) is 0 Å². The molecule has 2 aromatic heterocycles. The zero-order chi connectivity index (χ0) is 14.5. The van der Waals surface area contributed by atoms with E-state index in [1.807, 2.05) is 12.1 Å². The number of rotatable bonds is 7. The molecule has 0 saturated heterocycles. The molecule has 110 valence electrons. The van der Waals surface area contributed by atoms with Crippen molar-refractivity contribution in [3.8, 4) is 0 Å². The predicted molar refractivity (Wildman–Crippen MR) is 83.7 cm³/mol. The molecule has 0 radical (unpaired) electrons. The fraction of sp³-hybridized carbons (Fsp3) is 0.600. The van der Waals surface area contributed by atoms with Crippen LogP contribution in [0.1, 0.15) is 39.7 Å². The van der Waals surface area contributed by atoms with Crippen molar-refractivity contribution in [2.75, 3.05) is 25.4 Å². The van der Waals surface area contributed by atoms with Gasteiger partial charge in [-0.3, -0.25) is 4.57 Å². The lowest BCUT2D eigenvalue weighted by Gasteiger charge is -2.20. The molecule has 2 aromatic rings. The van der Waals surface area contributed by atoms with Gasteiger partial charge in [-0.05, 0) is 51.5 Å². The summed E-state index contributed by atoms with van der Waals surface area (Å²) in [6, 6.07) is 4.17. The van der Waals surface area contributed by atoms with Crippen LogP contribution in [0.25, 0.3) is 11.2 Å². The Bertz CT molecular complexity index is 544. The Kier molecular flexibility index (Phi) is 4.95.